The summed E-state index contributed by atoms with van der Waals surface area (Å²) in [6.45, 7) is 5.53. The highest BCUT2D eigenvalue weighted by atomic mass is 16.5. The molecule has 0 saturated carbocycles. The minimum absolute atomic E-state index is 0.00181. The van der Waals surface area contributed by atoms with Gasteiger partial charge < -0.3 is 10.1 Å². The lowest BCUT2D eigenvalue weighted by atomic mass is 10.1. The van der Waals surface area contributed by atoms with Gasteiger partial charge in [0, 0.05) is 12.1 Å². The monoisotopic (exact) mass is 365 g/mol. The first-order valence-electron chi connectivity index (χ1n) is 9.23. The molecule has 0 aliphatic heterocycles. The average molecular weight is 365 g/mol. The topological polar surface area (TPSA) is 55.4 Å². The summed E-state index contributed by atoms with van der Waals surface area (Å²) >= 11 is 0. The van der Waals surface area contributed by atoms with Crippen molar-refractivity contribution in [1.82, 2.24) is 5.32 Å². The lowest BCUT2D eigenvalue weighted by Crippen LogP contribution is -2.40. The molecule has 0 aromatic heterocycles. The minimum atomic E-state index is -0.834. The van der Waals surface area contributed by atoms with Gasteiger partial charge in [-0.15, -0.1) is 0 Å². The van der Waals surface area contributed by atoms with Crippen LogP contribution in [0.5, 0.6) is 0 Å². The minimum Gasteiger partial charge on any atom is -0.449 e. The highest BCUT2D eigenvalue weighted by Crippen LogP contribution is 2.07. The number of carbonyl (C=O) groups excluding carboxylic acids is 2. The molecule has 0 aliphatic rings. The summed E-state index contributed by atoms with van der Waals surface area (Å²) in [6, 6.07) is 17.9. The molecule has 2 aromatic rings. The first-order valence-corrected chi connectivity index (χ1v) is 9.23. The number of hydrogen-bond donors (Lipinski definition) is 1. The molecule has 1 N–H and O–H groups in total. The molecule has 2 aromatic carbocycles. The fourth-order valence-corrected chi connectivity index (χ4v) is 2.57. The lowest BCUT2D eigenvalue weighted by Gasteiger charge is -2.17. The molecule has 142 valence electrons. The molecule has 4 heteroatoms. The maximum atomic E-state index is 12.2. The highest BCUT2D eigenvalue weighted by molar-refractivity contribution is 5.90. The second kappa shape index (κ2) is 10.3. The van der Waals surface area contributed by atoms with Crippen LogP contribution in [0, 0.1) is 6.92 Å². The summed E-state index contributed by atoms with van der Waals surface area (Å²) in [6.07, 6.45) is 3.89. The number of aryl methyl sites for hydroxylation is 2. The fraction of sp³-hybridized carbons (Fsp3) is 0.304. The van der Waals surface area contributed by atoms with Crippen LogP contribution in [0.25, 0.3) is 6.08 Å². The Morgan fingerprint density at radius 3 is 2.37 bits per heavy atom. The van der Waals surface area contributed by atoms with Crippen molar-refractivity contribution in [2.45, 2.75) is 45.8 Å². The molecule has 2 atom stereocenters. The second-order valence-corrected chi connectivity index (χ2v) is 6.76. The van der Waals surface area contributed by atoms with E-state index in [1.54, 1.807) is 13.0 Å². The summed E-state index contributed by atoms with van der Waals surface area (Å²) in [4.78, 5) is 24.1. The van der Waals surface area contributed by atoms with Gasteiger partial charge in [-0.05, 0) is 50.8 Å². The van der Waals surface area contributed by atoms with Crippen molar-refractivity contribution in [3.63, 3.8) is 0 Å². The van der Waals surface area contributed by atoms with Gasteiger partial charge in [-0.3, -0.25) is 4.79 Å². The van der Waals surface area contributed by atoms with Crippen molar-refractivity contribution in [2.24, 2.45) is 0 Å². The Balaban J connectivity index is 1.75. The Hall–Kier alpha value is -2.88. The van der Waals surface area contributed by atoms with Crippen molar-refractivity contribution in [3.05, 3.63) is 77.4 Å². The van der Waals surface area contributed by atoms with Gasteiger partial charge in [0.15, 0.2) is 6.10 Å². The van der Waals surface area contributed by atoms with E-state index in [-0.39, 0.29) is 11.9 Å². The Morgan fingerprint density at radius 2 is 1.70 bits per heavy atom. The van der Waals surface area contributed by atoms with Crippen LogP contribution in [0.1, 0.15) is 37.0 Å². The quantitative estimate of drug-likeness (QED) is 0.566. The van der Waals surface area contributed by atoms with Crippen molar-refractivity contribution in [1.29, 1.82) is 0 Å². The molecule has 0 radical (unpaired) electrons. The molecule has 0 spiro atoms. The van der Waals surface area contributed by atoms with Crippen molar-refractivity contribution in [2.75, 3.05) is 0 Å². The Bertz CT molecular complexity index is 766. The Kier molecular flexibility index (Phi) is 7.80. The van der Waals surface area contributed by atoms with Crippen LogP contribution in [0.4, 0.5) is 0 Å². The van der Waals surface area contributed by atoms with E-state index in [4.69, 9.17) is 4.74 Å². The summed E-state index contributed by atoms with van der Waals surface area (Å²) in [5.41, 5.74) is 3.30. The molecule has 0 bridgehead atoms. The molecule has 2 rings (SSSR count). The maximum absolute atomic E-state index is 12.2. The third kappa shape index (κ3) is 7.48. The van der Waals surface area contributed by atoms with Crippen LogP contribution < -0.4 is 5.32 Å². The summed E-state index contributed by atoms with van der Waals surface area (Å²) < 4.78 is 5.18. The predicted molar refractivity (Wildman–Crippen MR) is 108 cm³/mol. The zero-order valence-corrected chi connectivity index (χ0v) is 16.1. The summed E-state index contributed by atoms with van der Waals surface area (Å²) in [7, 11) is 0. The Morgan fingerprint density at radius 1 is 1.04 bits per heavy atom. The highest BCUT2D eigenvalue weighted by Gasteiger charge is 2.18. The molecule has 0 heterocycles. The van der Waals surface area contributed by atoms with Crippen molar-refractivity contribution >= 4 is 18.0 Å². The second-order valence-electron chi connectivity index (χ2n) is 6.76. The van der Waals surface area contributed by atoms with Crippen molar-refractivity contribution < 1.29 is 14.3 Å². The molecular formula is C23H27NO3. The van der Waals surface area contributed by atoms with Gasteiger partial charge in [-0.2, -0.15) is 0 Å². The molecule has 4 nitrogen and oxygen atoms in total. The van der Waals surface area contributed by atoms with Gasteiger partial charge in [-0.1, -0.05) is 60.2 Å². The number of nitrogens with one attached hydrogen (secondary N) is 1. The Labute approximate surface area is 161 Å². The van der Waals surface area contributed by atoms with Gasteiger partial charge in [0.1, 0.15) is 0 Å². The number of carbonyl (C=O) groups is 2. The number of benzene rings is 2. The summed E-state index contributed by atoms with van der Waals surface area (Å²) in [5, 5.41) is 2.90. The van der Waals surface area contributed by atoms with Gasteiger partial charge in [0.25, 0.3) is 5.91 Å². The van der Waals surface area contributed by atoms with Gasteiger partial charge in [0.05, 0.1) is 0 Å². The van der Waals surface area contributed by atoms with Crippen LogP contribution in [0.3, 0.4) is 0 Å². The van der Waals surface area contributed by atoms with Gasteiger partial charge in [-0.25, -0.2) is 4.79 Å². The van der Waals surface area contributed by atoms with E-state index >= 15 is 0 Å². The predicted octanol–water partition coefficient (Wildman–Crippen LogP) is 4.08. The van der Waals surface area contributed by atoms with E-state index in [1.807, 2.05) is 56.3 Å². The summed E-state index contributed by atoms with van der Waals surface area (Å²) in [5.74, 6) is -0.817. The first-order chi connectivity index (χ1) is 12.9. The zero-order valence-electron chi connectivity index (χ0n) is 16.1. The van der Waals surface area contributed by atoms with Crippen LogP contribution >= 0.6 is 0 Å². The molecule has 0 saturated heterocycles. The molecule has 0 unspecified atom stereocenters. The van der Waals surface area contributed by atoms with E-state index in [2.05, 4.69) is 17.4 Å². The van der Waals surface area contributed by atoms with Crippen LogP contribution in [0.15, 0.2) is 60.7 Å². The average Bonchev–Trinajstić information content (AvgIpc) is 2.66. The third-order valence-electron chi connectivity index (χ3n) is 4.25. The number of amides is 1. The van der Waals surface area contributed by atoms with E-state index in [9.17, 15) is 9.59 Å². The normalized spacial score (nSPS) is 13.1. The smallest absolute Gasteiger partial charge is 0.331 e. The van der Waals surface area contributed by atoms with E-state index < -0.39 is 12.1 Å². The largest absolute Gasteiger partial charge is 0.449 e. The van der Waals surface area contributed by atoms with Crippen LogP contribution in [-0.4, -0.2) is 24.0 Å². The van der Waals surface area contributed by atoms with Gasteiger partial charge in [0.2, 0.25) is 0 Å². The van der Waals surface area contributed by atoms with E-state index in [0.717, 1.165) is 24.0 Å². The zero-order chi connectivity index (χ0) is 19.6. The standard InChI is InChI=1S/C23H27NO3/c1-17-9-12-21(13-10-17)15-16-22(25)27-19(3)23(26)24-18(2)11-14-20-7-5-4-6-8-20/h4-10,12-13,15-16,18-19H,11,14H2,1-3H3,(H,24,26)/b16-15+/t18-,19-/m0/s1. The maximum Gasteiger partial charge on any atom is 0.331 e. The molecule has 1 amide bonds. The number of esters is 1. The lowest BCUT2D eigenvalue weighted by molar-refractivity contribution is -0.150. The number of hydrogen-bond acceptors (Lipinski definition) is 3. The first kappa shape index (κ1) is 20.4. The molecule has 0 fully saturated rings. The fourth-order valence-electron chi connectivity index (χ4n) is 2.57. The van der Waals surface area contributed by atoms with Crippen LogP contribution in [0.2, 0.25) is 0 Å². The number of rotatable bonds is 8. The third-order valence-corrected chi connectivity index (χ3v) is 4.25. The van der Waals surface area contributed by atoms with E-state index in [0.29, 0.717) is 0 Å². The van der Waals surface area contributed by atoms with E-state index in [1.165, 1.54) is 11.6 Å². The number of ether oxygens (including phenoxy) is 1. The molecule has 27 heavy (non-hydrogen) atoms. The SMILES string of the molecule is Cc1ccc(/C=C/C(=O)O[C@@H](C)C(=O)N[C@@H](C)CCc2ccccc2)cc1. The van der Waals surface area contributed by atoms with Gasteiger partial charge >= 0.3 is 5.97 Å². The molecule has 0 aliphatic carbocycles. The molecular weight excluding hydrogens is 338 g/mol. The van der Waals surface area contributed by atoms with Crippen LogP contribution in [-0.2, 0) is 20.7 Å². The van der Waals surface area contributed by atoms with Crippen molar-refractivity contribution in [3.8, 4) is 0 Å².